The van der Waals surface area contributed by atoms with Gasteiger partial charge in [-0.25, -0.2) is 4.98 Å². The smallest absolute Gasteiger partial charge is 0.121 e. The van der Waals surface area contributed by atoms with E-state index in [1.165, 1.54) is 19.4 Å². The van der Waals surface area contributed by atoms with Crippen LogP contribution in [0.1, 0.15) is 32.5 Å². The van der Waals surface area contributed by atoms with Crippen LogP contribution in [0.2, 0.25) is 0 Å². The number of hydrogen-bond acceptors (Lipinski definition) is 3. The van der Waals surface area contributed by atoms with E-state index in [-0.39, 0.29) is 0 Å². The molecule has 4 heteroatoms. The van der Waals surface area contributed by atoms with E-state index >= 15 is 0 Å². The third kappa shape index (κ3) is 2.45. The van der Waals surface area contributed by atoms with Crippen molar-refractivity contribution in [2.75, 3.05) is 12.3 Å². The third-order valence-corrected chi connectivity index (χ3v) is 4.41. The SMILES string of the molecule is CC1CCCN(Cc2nc3ccc(N)cc3[nH]2)C1C. The fraction of sp³-hybridized carbons (Fsp3) is 0.533. The lowest BCUT2D eigenvalue weighted by atomic mass is 9.92. The Balaban J connectivity index is 1.81. The summed E-state index contributed by atoms with van der Waals surface area (Å²) in [5.74, 6) is 1.82. The maximum absolute atomic E-state index is 5.80. The molecule has 2 atom stereocenters. The molecular formula is C15H22N4. The van der Waals surface area contributed by atoms with E-state index in [0.29, 0.717) is 6.04 Å². The fourth-order valence-corrected chi connectivity index (χ4v) is 2.99. The summed E-state index contributed by atoms with van der Waals surface area (Å²) < 4.78 is 0. The van der Waals surface area contributed by atoms with Gasteiger partial charge in [-0.3, -0.25) is 4.90 Å². The van der Waals surface area contributed by atoms with Crippen molar-refractivity contribution >= 4 is 16.7 Å². The summed E-state index contributed by atoms with van der Waals surface area (Å²) in [6.07, 6.45) is 2.63. The van der Waals surface area contributed by atoms with Crippen LogP contribution in [0.3, 0.4) is 0 Å². The zero-order valence-electron chi connectivity index (χ0n) is 11.7. The summed E-state index contributed by atoms with van der Waals surface area (Å²) in [7, 11) is 0. The molecule has 3 N–H and O–H groups in total. The van der Waals surface area contributed by atoms with Crippen LogP contribution < -0.4 is 5.73 Å². The van der Waals surface area contributed by atoms with Crippen LogP contribution in [0.25, 0.3) is 11.0 Å². The molecule has 102 valence electrons. The quantitative estimate of drug-likeness (QED) is 0.814. The number of aromatic nitrogens is 2. The molecule has 1 aromatic heterocycles. The van der Waals surface area contributed by atoms with Crippen molar-refractivity contribution in [3.8, 4) is 0 Å². The maximum atomic E-state index is 5.80. The number of piperidine rings is 1. The number of nitrogen functional groups attached to an aromatic ring is 1. The summed E-state index contributed by atoms with van der Waals surface area (Å²) in [4.78, 5) is 10.6. The van der Waals surface area contributed by atoms with Gasteiger partial charge < -0.3 is 10.7 Å². The normalized spacial score (nSPS) is 24.9. The molecule has 1 aromatic carbocycles. The summed E-state index contributed by atoms with van der Waals surface area (Å²) in [5, 5.41) is 0. The van der Waals surface area contributed by atoms with Gasteiger partial charge in [-0.05, 0) is 50.4 Å². The molecule has 0 spiro atoms. The molecule has 3 rings (SSSR count). The Bertz CT molecular complexity index is 575. The zero-order valence-corrected chi connectivity index (χ0v) is 11.7. The second kappa shape index (κ2) is 4.85. The number of nitrogens with one attached hydrogen (secondary N) is 1. The van der Waals surface area contributed by atoms with Crippen LogP contribution in [0, 0.1) is 5.92 Å². The molecule has 1 aliphatic rings. The number of nitrogens with zero attached hydrogens (tertiary/aromatic N) is 2. The molecule has 2 unspecified atom stereocenters. The fourth-order valence-electron chi connectivity index (χ4n) is 2.99. The predicted octanol–water partition coefficient (Wildman–Crippen LogP) is 2.77. The monoisotopic (exact) mass is 258 g/mol. The van der Waals surface area contributed by atoms with Gasteiger partial charge in [0.1, 0.15) is 5.82 Å². The first-order valence-electron chi connectivity index (χ1n) is 7.11. The summed E-state index contributed by atoms with van der Waals surface area (Å²) in [5.41, 5.74) is 8.62. The topological polar surface area (TPSA) is 57.9 Å². The average molecular weight is 258 g/mol. The minimum absolute atomic E-state index is 0.632. The number of imidazole rings is 1. The van der Waals surface area contributed by atoms with Gasteiger partial charge in [-0.15, -0.1) is 0 Å². The highest BCUT2D eigenvalue weighted by Gasteiger charge is 2.25. The van der Waals surface area contributed by atoms with Gasteiger partial charge in [-0.1, -0.05) is 6.92 Å². The van der Waals surface area contributed by atoms with Crippen molar-refractivity contribution in [3.05, 3.63) is 24.0 Å². The highest BCUT2D eigenvalue weighted by molar-refractivity contribution is 5.78. The highest BCUT2D eigenvalue weighted by atomic mass is 15.2. The molecule has 1 saturated heterocycles. The lowest BCUT2D eigenvalue weighted by Gasteiger charge is -2.37. The Morgan fingerprint density at radius 1 is 1.42 bits per heavy atom. The molecule has 0 bridgehead atoms. The second-order valence-electron chi connectivity index (χ2n) is 5.79. The number of aromatic amines is 1. The van der Waals surface area contributed by atoms with Crippen LogP contribution in [0.4, 0.5) is 5.69 Å². The van der Waals surface area contributed by atoms with Crippen LogP contribution >= 0.6 is 0 Å². The van der Waals surface area contributed by atoms with E-state index in [1.807, 2.05) is 18.2 Å². The maximum Gasteiger partial charge on any atom is 0.121 e. The average Bonchev–Trinajstić information content (AvgIpc) is 2.76. The van der Waals surface area contributed by atoms with Crippen LogP contribution in [-0.2, 0) is 6.54 Å². The molecule has 4 nitrogen and oxygen atoms in total. The van der Waals surface area contributed by atoms with Crippen LogP contribution in [-0.4, -0.2) is 27.5 Å². The molecular weight excluding hydrogens is 236 g/mol. The van der Waals surface area contributed by atoms with Gasteiger partial charge in [0, 0.05) is 11.7 Å². The number of anilines is 1. The molecule has 2 heterocycles. The van der Waals surface area contributed by atoms with Gasteiger partial charge in [0.15, 0.2) is 0 Å². The van der Waals surface area contributed by atoms with E-state index in [1.54, 1.807) is 0 Å². The molecule has 0 radical (unpaired) electrons. The number of benzene rings is 1. The minimum Gasteiger partial charge on any atom is -0.399 e. The number of hydrogen-bond donors (Lipinski definition) is 2. The lowest BCUT2D eigenvalue weighted by Crippen LogP contribution is -2.41. The molecule has 0 amide bonds. The molecule has 0 saturated carbocycles. The van der Waals surface area contributed by atoms with Crippen molar-refractivity contribution in [2.45, 2.75) is 39.3 Å². The lowest BCUT2D eigenvalue weighted by molar-refractivity contribution is 0.104. The molecule has 19 heavy (non-hydrogen) atoms. The Morgan fingerprint density at radius 3 is 3.11 bits per heavy atom. The number of rotatable bonds is 2. The Morgan fingerprint density at radius 2 is 2.26 bits per heavy atom. The molecule has 2 aromatic rings. The summed E-state index contributed by atoms with van der Waals surface area (Å²) in [6, 6.07) is 6.46. The largest absolute Gasteiger partial charge is 0.399 e. The first-order chi connectivity index (χ1) is 9.13. The van der Waals surface area contributed by atoms with Crippen molar-refractivity contribution in [2.24, 2.45) is 5.92 Å². The highest BCUT2D eigenvalue weighted by Crippen LogP contribution is 2.24. The first kappa shape index (κ1) is 12.5. The van der Waals surface area contributed by atoms with E-state index in [4.69, 9.17) is 5.73 Å². The number of fused-ring (bicyclic) bond motifs is 1. The van der Waals surface area contributed by atoms with Crippen molar-refractivity contribution in [1.82, 2.24) is 14.9 Å². The molecule has 1 aliphatic heterocycles. The summed E-state index contributed by atoms with van der Waals surface area (Å²) in [6.45, 7) is 6.74. The number of nitrogens with two attached hydrogens (primary N) is 1. The van der Waals surface area contributed by atoms with Crippen LogP contribution in [0.5, 0.6) is 0 Å². The van der Waals surface area contributed by atoms with Crippen molar-refractivity contribution in [3.63, 3.8) is 0 Å². The zero-order chi connectivity index (χ0) is 13.4. The Labute approximate surface area is 114 Å². The standard InChI is InChI=1S/C15H22N4/c1-10-4-3-7-19(11(10)2)9-15-17-13-6-5-12(16)8-14(13)18-15/h5-6,8,10-11H,3-4,7,9,16H2,1-2H3,(H,17,18). The minimum atomic E-state index is 0.632. The van der Waals surface area contributed by atoms with E-state index in [2.05, 4.69) is 28.7 Å². The van der Waals surface area contributed by atoms with Gasteiger partial charge in [-0.2, -0.15) is 0 Å². The van der Waals surface area contributed by atoms with Crippen LogP contribution in [0.15, 0.2) is 18.2 Å². The van der Waals surface area contributed by atoms with Gasteiger partial charge >= 0.3 is 0 Å². The Kier molecular flexibility index (Phi) is 3.19. The Hall–Kier alpha value is -1.55. The molecule has 0 aliphatic carbocycles. The summed E-state index contributed by atoms with van der Waals surface area (Å²) >= 11 is 0. The number of H-pyrrole nitrogens is 1. The van der Waals surface area contributed by atoms with Crippen molar-refractivity contribution < 1.29 is 0 Å². The van der Waals surface area contributed by atoms with E-state index in [0.717, 1.165) is 35.0 Å². The number of likely N-dealkylation sites (tertiary alicyclic amines) is 1. The second-order valence-corrected chi connectivity index (χ2v) is 5.79. The first-order valence-corrected chi connectivity index (χ1v) is 7.11. The van der Waals surface area contributed by atoms with E-state index in [9.17, 15) is 0 Å². The van der Waals surface area contributed by atoms with Crippen molar-refractivity contribution in [1.29, 1.82) is 0 Å². The third-order valence-electron chi connectivity index (χ3n) is 4.41. The van der Waals surface area contributed by atoms with E-state index < -0.39 is 0 Å². The van der Waals surface area contributed by atoms with Gasteiger partial charge in [0.25, 0.3) is 0 Å². The van der Waals surface area contributed by atoms with Gasteiger partial charge in [0.2, 0.25) is 0 Å². The molecule has 1 fully saturated rings. The predicted molar refractivity (Wildman–Crippen MR) is 78.8 cm³/mol. The van der Waals surface area contributed by atoms with Gasteiger partial charge in [0.05, 0.1) is 17.6 Å².